The second kappa shape index (κ2) is 7.32. The van der Waals surface area contributed by atoms with Gasteiger partial charge in [-0.3, -0.25) is 4.79 Å². The molecule has 1 aromatic carbocycles. The van der Waals surface area contributed by atoms with Crippen LogP contribution in [0.5, 0.6) is 5.75 Å². The predicted molar refractivity (Wildman–Crippen MR) is 88.7 cm³/mol. The lowest BCUT2D eigenvalue weighted by Crippen LogP contribution is -3.29. The molecule has 0 spiro atoms. The molecule has 3 rings (SSSR count). The smallest absolute Gasteiger partial charge is 0.278 e. The van der Waals surface area contributed by atoms with Gasteiger partial charge >= 0.3 is 0 Å². The van der Waals surface area contributed by atoms with E-state index in [1.165, 1.54) is 10.5 Å². The van der Waals surface area contributed by atoms with Crippen molar-refractivity contribution in [1.29, 1.82) is 0 Å². The molecule has 0 aromatic heterocycles. The topological polar surface area (TPSA) is 47.2 Å². The highest BCUT2D eigenvalue weighted by molar-refractivity contribution is 5.80. The Morgan fingerprint density at radius 1 is 1.22 bits per heavy atom. The molecule has 2 fully saturated rings. The van der Waals surface area contributed by atoms with Gasteiger partial charge in [0.15, 0.2) is 6.04 Å². The quantitative estimate of drug-likeness (QED) is 0.607. The van der Waals surface area contributed by atoms with Crippen LogP contribution < -0.4 is 19.9 Å². The molecule has 3 N–H and O–H groups in total. The van der Waals surface area contributed by atoms with E-state index in [9.17, 15) is 4.79 Å². The average Bonchev–Trinajstić information content (AvgIpc) is 3.39. The molecule has 2 aliphatic rings. The number of amides is 1. The first-order chi connectivity index (χ1) is 11.2. The van der Waals surface area contributed by atoms with Crippen molar-refractivity contribution in [2.75, 3.05) is 33.3 Å². The zero-order valence-electron chi connectivity index (χ0n) is 14.2. The number of quaternary nitrogens is 2. The second-order valence-electron chi connectivity index (χ2n) is 6.94. The Balaban J connectivity index is 1.44. The number of carbonyl (C=O) groups is 1. The lowest BCUT2D eigenvalue weighted by Gasteiger charge is -2.32. The van der Waals surface area contributed by atoms with Crippen molar-refractivity contribution in [2.24, 2.45) is 0 Å². The van der Waals surface area contributed by atoms with Crippen LogP contribution in [0.2, 0.25) is 0 Å². The summed E-state index contributed by atoms with van der Waals surface area (Å²) in [5.74, 6) is 1.15. The maximum absolute atomic E-state index is 12.2. The van der Waals surface area contributed by atoms with E-state index in [1.54, 1.807) is 12.0 Å². The molecule has 1 aromatic rings. The van der Waals surface area contributed by atoms with Crippen molar-refractivity contribution in [3.05, 3.63) is 29.8 Å². The van der Waals surface area contributed by atoms with Crippen molar-refractivity contribution in [3.63, 3.8) is 0 Å². The van der Waals surface area contributed by atoms with Crippen molar-refractivity contribution in [3.8, 4) is 5.75 Å². The largest absolute Gasteiger partial charge is 0.497 e. The van der Waals surface area contributed by atoms with Crippen LogP contribution in [0.4, 0.5) is 0 Å². The lowest BCUT2D eigenvalue weighted by molar-refractivity contribution is -1.02. The van der Waals surface area contributed by atoms with Crippen LogP contribution in [0.1, 0.15) is 25.3 Å². The summed E-state index contributed by atoms with van der Waals surface area (Å²) in [6.07, 6.45) is 2.32. The van der Waals surface area contributed by atoms with Crippen LogP contribution >= 0.6 is 0 Å². The van der Waals surface area contributed by atoms with Crippen LogP contribution in [0.3, 0.4) is 0 Å². The number of benzene rings is 1. The summed E-state index contributed by atoms with van der Waals surface area (Å²) < 4.78 is 5.21. The lowest BCUT2D eigenvalue weighted by atomic mass is 10.1. The van der Waals surface area contributed by atoms with Gasteiger partial charge < -0.3 is 19.9 Å². The first-order valence-corrected chi connectivity index (χ1v) is 8.77. The molecule has 5 nitrogen and oxygen atoms in total. The molecule has 126 valence electrons. The van der Waals surface area contributed by atoms with Crippen molar-refractivity contribution >= 4 is 5.91 Å². The first kappa shape index (κ1) is 16.3. The first-order valence-electron chi connectivity index (χ1n) is 8.77. The highest BCUT2D eigenvalue weighted by Crippen LogP contribution is 2.18. The number of hydrogen-bond acceptors (Lipinski definition) is 2. The maximum atomic E-state index is 12.2. The fourth-order valence-corrected chi connectivity index (χ4v) is 3.31. The molecule has 5 heteroatoms. The van der Waals surface area contributed by atoms with E-state index in [2.05, 4.69) is 24.4 Å². The summed E-state index contributed by atoms with van der Waals surface area (Å²) in [4.78, 5) is 15.2. The number of piperazine rings is 1. The van der Waals surface area contributed by atoms with Crippen molar-refractivity contribution < 1.29 is 19.3 Å². The molecule has 0 unspecified atom stereocenters. The normalized spacial score (nSPS) is 25.7. The molecular weight excluding hydrogens is 290 g/mol. The third-order valence-corrected chi connectivity index (χ3v) is 5.14. The SMILES string of the molecule is COc1ccc(C[NH+]2CC[NH+]([C@H](C)C(=O)NC3CC3)CC2)cc1. The van der Waals surface area contributed by atoms with Crippen LogP contribution in [-0.4, -0.2) is 51.3 Å². The van der Waals surface area contributed by atoms with Gasteiger partial charge in [-0.15, -0.1) is 0 Å². The molecule has 1 aliphatic carbocycles. The van der Waals surface area contributed by atoms with E-state index in [0.717, 1.165) is 51.3 Å². The Kier molecular flexibility index (Phi) is 5.18. The molecule has 0 bridgehead atoms. The Bertz CT molecular complexity index is 520. The summed E-state index contributed by atoms with van der Waals surface area (Å²) >= 11 is 0. The van der Waals surface area contributed by atoms with E-state index in [-0.39, 0.29) is 11.9 Å². The third-order valence-electron chi connectivity index (χ3n) is 5.14. The number of rotatable bonds is 6. The van der Waals surface area contributed by atoms with E-state index in [4.69, 9.17) is 4.74 Å². The summed E-state index contributed by atoms with van der Waals surface area (Å²) in [6.45, 7) is 7.53. The molecule has 1 saturated heterocycles. The van der Waals surface area contributed by atoms with Gasteiger partial charge in [-0.2, -0.15) is 0 Å². The monoisotopic (exact) mass is 319 g/mol. The third kappa shape index (κ3) is 4.45. The Labute approximate surface area is 138 Å². The highest BCUT2D eigenvalue weighted by Gasteiger charge is 2.33. The minimum atomic E-state index is 0.0816. The number of hydrogen-bond donors (Lipinski definition) is 3. The fourth-order valence-electron chi connectivity index (χ4n) is 3.31. The summed E-state index contributed by atoms with van der Waals surface area (Å²) in [7, 11) is 1.70. The minimum absolute atomic E-state index is 0.0816. The molecular formula is C18H29N3O2+2. The fraction of sp³-hybridized carbons (Fsp3) is 0.611. The minimum Gasteiger partial charge on any atom is -0.497 e. The maximum Gasteiger partial charge on any atom is 0.278 e. The number of ether oxygens (including phenoxy) is 1. The summed E-state index contributed by atoms with van der Waals surface area (Å²) in [5.41, 5.74) is 1.35. The number of carbonyl (C=O) groups excluding carboxylic acids is 1. The van der Waals surface area contributed by atoms with Gasteiger partial charge in [-0.1, -0.05) is 0 Å². The van der Waals surface area contributed by atoms with Crippen molar-refractivity contribution in [2.45, 2.75) is 38.4 Å². The average molecular weight is 319 g/mol. The van der Waals surface area contributed by atoms with Gasteiger partial charge in [0.2, 0.25) is 0 Å². The Morgan fingerprint density at radius 2 is 1.87 bits per heavy atom. The van der Waals surface area contributed by atoms with E-state index in [1.807, 2.05) is 12.1 Å². The zero-order valence-corrected chi connectivity index (χ0v) is 14.2. The molecule has 1 heterocycles. The molecule has 23 heavy (non-hydrogen) atoms. The number of nitrogens with one attached hydrogen (secondary N) is 3. The van der Waals surface area contributed by atoms with E-state index < -0.39 is 0 Å². The van der Waals surface area contributed by atoms with E-state index >= 15 is 0 Å². The Hall–Kier alpha value is -1.59. The van der Waals surface area contributed by atoms with Crippen LogP contribution in [0, 0.1) is 0 Å². The van der Waals surface area contributed by atoms with Gasteiger partial charge in [-0.05, 0) is 44.0 Å². The molecule has 1 amide bonds. The van der Waals surface area contributed by atoms with E-state index in [0.29, 0.717) is 6.04 Å². The van der Waals surface area contributed by atoms with Gasteiger partial charge in [0.25, 0.3) is 5.91 Å². The van der Waals surface area contributed by atoms with Crippen LogP contribution in [0.15, 0.2) is 24.3 Å². The molecule has 1 atom stereocenters. The standard InChI is InChI=1S/C18H27N3O2/c1-14(18(22)19-16-5-6-16)21-11-9-20(10-12-21)13-15-3-7-17(23-2)8-4-15/h3-4,7-8,14,16H,5-6,9-13H2,1-2H3,(H,19,22)/p+2/t14-/m1/s1. The Morgan fingerprint density at radius 3 is 2.43 bits per heavy atom. The molecule has 1 saturated carbocycles. The van der Waals surface area contributed by atoms with Gasteiger partial charge in [0.05, 0.1) is 7.11 Å². The van der Waals surface area contributed by atoms with Gasteiger partial charge in [0, 0.05) is 11.6 Å². The molecule has 1 aliphatic heterocycles. The van der Waals surface area contributed by atoms with Crippen molar-refractivity contribution in [1.82, 2.24) is 5.32 Å². The second-order valence-corrected chi connectivity index (χ2v) is 6.94. The summed E-state index contributed by atoms with van der Waals surface area (Å²) in [5, 5.41) is 3.13. The summed E-state index contributed by atoms with van der Waals surface area (Å²) in [6, 6.07) is 8.90. The van der Waals surface area contributed by atoms with Gasteiger partial charge in [-0.25, -0.2) is 0 Å². The molecule has 0 radical (unpaired) electrons. The zero-order chi connectivity index (χ0) is 16.2. The van der Waals surface area contributed by atoms with Crippen LogP contribution in [0.25, 0.3) is 0 Å². The highest BCUT2D eigenvalue weighted by atomic mass is 16.5. The predicted octanol–water partition coefficient (Wildman–Crippen LogP) is -1.35. The number of methoxy groups -OCH3 is 1. The van der Waals surface area contributed by atoms with Crippen LogP contribution in [-0.2, 0) is 11.3 Å². The van der Waals surface area contributed by atoms with Gasteiger partial charge in [0.1, 0.15) is 38.5 Å².